The van der Waals surface area contributed by atoms with Crippen LogP contribution in [0.15, 0.2) is 18.2 Å². The van der Waals surface area contributed by atoms with Gasteiger partial charge in [0.15, 0.2) is 21.4 Å². The number of methoxy groups -OCH3 is 1. The minimum Gasteiger partial charge on any atom is -0.494 e. The molecule has 112 valence electrons. The van der Waals surface area contributed by atoms with Crippen molar-refractivity contribution in [2.45, 2.75) is 37.0 Å². The molecule has 1 aromatic carbocycles. The van der Waals surface area contributed by atoms with E-state index in [0.717, 1.165) is 6.42 Å². The Labute approximate surface area is 118 Å². The lowest BCUT2D eigenvalue weighted by molar-refractivity contribution is 0.160. The fourth-order valence-corrected chi connectivity index (χ4v) is 4.65. The summed E-state index contributed by atoms with van der Waals surface area (Å²) in [6.45, 7) is 0. The molecule has 0 saturated carbocycles. The van der Waals surface area contributed by atoms with E-state index < -0.39 is 27.0 Å². The van der Waals surface area contributed by atoms with Crippen LogP contribution in [-0.4, -0.2) is 37.7 Å². The second-order valence-corrected chi connectivity index (χ2v) is 7.45. The number of rotatable bonds is 4. The van der Waals surface area contributed by atoms with Crippen LogP contribution in [0.4, 0.5) is 4.39 Å². The van der Waals surface area contributed by atoms with Crippen LogP contribution in [0.2, 0.25) is 0 Å². The summed E-state index contributed by atoms with van der Waals surface area (Å²) in [7, 11) is -1.91. The summed E-state index contributed by atoms with van der Waals surface area (Å²) in [4.78, 5) is 0. The largest absolute Gasteiger partial charge is 0.494 e. The van der Waals surface area contributed by atoms with Crippen LogP contribution in [0.3, 0.4) is 0 Å². The zero-order valence-electron chi connectivity index (χ0n) is 11.4. The second kappa shape index (κ2) is 6.10. The maximum absolute atomic E-state index is 14.0. The third-order valence-electron chi connectivity index (χ3n) is 3.75. The molecule has 4 nitrogen and oxygen atoms in total. The van der Waals surface area contributed by atoms with Gasteiger partial charge in [-0.15, -0.1) is 0 Å². The number of ether oxygens (including phenoxy) is 1. The maximum atomic E-state index is 14.0. The molecular formula is C14H19FO4S. The Morgan fingerprint density at radius 3 is 2.85 bits per heavy atom. The fourth-order valence-electron chi connectivity index (χ4n) is 2.64. The van der Waals surface area contributed by atoms with Crippen molar-refractivity contribution < 1.29 is 22.7 Å². The van der Waals surface area contributed by atoms with E-state index in [-0.39, 0.29) is 23.5 Å². The molecule has 1 saturated heterocycles. The standard InChI is InChI=1S/C14H19FO4S/c1-19-12-6-4-5-10(14(12)15)9-11(16)13-7-2-3-8-20(13,17)18/h4-6,11,13,16H,2-3,7-9H2,1H3. The monoisotopic (exact) mass is 302 g/mol. The van der Waals surface area contributed by atoms with Crippen LogP contribution >= 0.6 is 0 Å². The van der Waals surface area contributed by atoms with Gasteiger partial charge in [-0.3, -0.25) is 0 Å². The molecule has 1 fully saturated rings. The number of halogens is 1. The SMILES string of the molecule is COc1cccc(CC(O)C2CCCCS2(=O)=O)c1F. The molecule has 2 atom stereocenters. The number of aliphatic hydroxyl groups is 1. The van der Waals surface area contributed by atoms with Crippen molar-refractivity contribution in [3.8, 4) is 5.75 Å². The van der Waals surface area contributed by atoms with E-state index in [4.69, 9.17) is 4.74 Å². The van der Waals surface area contributed by atoms with Crippen molar-refractivity contribution in [2.24, 2.45) is 0 Å². The maximum Gasteiger partial charge on any atom is 0.168 e. The van der Waals surface area contributed by atoms with Gasteiger partial charge in [0.2, 0.25) is 0 Å². The lowest BCUT2D eigenvalue weighted by atomic mass is 10.0. The quantitative estimate of drug-likeness (QED) is 0.919. The summed E-state index contributed by atoms with van der Waals surface area (Å²) in [5, 5.41) is 9.37. The first-order valence-electron chi connectivity index (χ1n) is 6.66. The summed E-state index contributed by atoms with van der Waals surface area (Å²) < 4.78 is 42.8. The lowest BCUT2D eigenvalue weighted by Crippen LogP contribution is -2.39. The van der Waals surface area contributed by atoms with Crippen molar-refractivity contribution in [1.82, 2.24) is 0 Å². The molecule has 2 unspecified atom stereocenters. The average Bonchev–Trinajstić information content (AvgIpc) is 2.40. The number of hydrogen-bond acceptors (Lipinski definition) is 4. The second-order valence-electron chi connectivity index (χ2n) is 5.11. The van der Waals surface area contributed by atoms with Crippen LogP contribution < -0.4 is 4.74 Å². The molecule has 0 bridgehead atoms. The molecular weight excluding hydrogens is 283 g/mol. The van der Waals surface area contributed by atoms with Crippen LogP contribution in [-0.2, 0) is 16.3 Å². The Hall–Kier alpha value is -1.14. The Morgan fingerprint density at radius 2 is 2.20 bits per heavy atom. The Kier molecular flexibility index (Phi) is 4.65. The molecule has 0 aromatic heterocycles. The molecule has 0 amide bonds. The van der Waals surface area contributed by atoms with Crippen LogP contribution in [0.25, 0.3) is 0 Å². The predicted octanol–water partition coefficient (Wildman–Crippen LogP) is 1.71. The van der Waals surface area contributed by atoms with Crippen molar-refractivity contribution in [2.75, 3.05) is 12.9 Å². The lowest BCUT2D eigenvalue weighted by Gasteiger charge is -2.26. The molecule has 2 rings (SSSR count). The highest BCUT2D eigenvalue weighted by atomic mass is 32.2. The van der Waals surface area contributed by atoms with Gasteiger partial charge in [-0.2, -0.15) is 0 Å². The number of sulfone groups is 1. The molecule has 1 aliphatic heterocycles. The molecule has 1 aliphatic rings. The zero-order valence-corrected chi connectivity index (χ0v) is 12.2. The van der Waals surface area contributed by atoms with E-state index in [1.807, 2.05) is 0 Å². The highest BCUT2D eigenvalue weighted by molar-refractivity contribution is 7.92. The highest BCUT2D eigenvalue weighted by Crippen LogP contribution is 2.26. The van der Waals surface area contributed by atoms with Crippen LogP contribution in [0, 0.1) is 5.82 Å². The summed E-state index contributed by atoms with van der Waals surface area (Å²) in [5.41, 5.74) is 0.276. The van der Waals surface area contributed by atoms with E-state index >= 15 is 0 Å². The number of hydrogen-bond donors (Lipinski definition) is 1. The van der Waals surface area contributed by atoms with E-state index in [9.17, 15) is 17.9 Å². The Morgan fingerprint density at radius 1 is 1.45 bits per heavy atom. The number of benzene rings is 1. The summed E-state index contributed by atoms with van der Waals surface area (Å²) in [6, 6.07) is 4.65. The molecule has 0 radical (unpaired) electrons. The van der Waals surface area contributed by atoms with Crippen LogP contribution in [0.1, 0.15) is 24.8 Å². The van der Waals surface area contributed by atoms with E-state index in [0.29, 0.717) is 12.8 Å². The van der Waals surface area contributed by atoms with E-state index in [1.54, 1.807) is 6.07 Å². The van der Waals surface area contributed by atoms with Crippen molar-refractivity contribution in [1.29, 1.82) is 0 Å². The van der Waals surface area contributed by atoms with Crippen molar-refractivity contribution in [3.63, 3.8) is 0 Å². The average molecular weight is 302 g/mol. The van der Waals surface area contributed by atoms with Gasteiger partial charge < -0.3 is 9.84 Å². The Bertz CT molecular complexity index is 571. The first-order valence-corrected chi connectivity index (χ1v) is 8.38. The molecule has 1 N–H and O–H groups in total. The van der Waals surface area contributed by atoms with Crippen molar-refractivity contribution >= 4 is 9.84 Å². The third-order valence-corrected chi connectivity index (χ3v) is 6.08. The van der Waals surface area contributed by atoms with E-state index in [1.165, 1.54) is 19.2 Å². The van der Waals surface area contributed by atoms with Gasteiger partial charge in [0, 0.05) is 6.42 Å². The van der Waals surface area contributed by atoms with E-state index in [2.05, 4.69) is 0 Å². The van der Waals surface area contributed by atoms with Gasteiger partial charge in [0.25, 0.3) is 0 Å². The third kappa shape index (κ3) is 3.12. The Balaban J connectivity index is 2.17. The molecule has 0 spiro atoms. The summed E-state index contributed by atoms with van der Waals surface area (Å²) >= 11 is 0. The summed E-state index contributed by atoms with van der Waals surface area (Å²) in [5.74, 6) is -0.335. The van der Waals surface area contributed by atoms with Gasteiger partial charge in [-0.05, 0) is 24.5 Å². The molecule has 6 heteroatoms. The minimum atomic E-state index is -3.28. The smallest absolute Gasteiger partial charge is 0.168 e. The van der Waals surface area contributed by atoms with Gasteiger partial charge in [0.1, 0.15) is 0 Å². The van der Waals surface area contributed by atoms with Gasteiger partial charge >= 0.3 is 0 Å². The first kappa shape index (κ1) is 15.3. The highest BCUT2D eigenvalue weighted by Gasteiger charge is 2.35. The fraction of sp³-hybridized carbons (Fsp3) is 0.571. The van der Waals surface area contributed by atoms with Crippen LogP contribution in [0.5, 0.6) is 5.75 Å². The predicted molar refractivity (Wildman–Crippen MR) is 74.1 cm³/mol. The summed E-state index contributed by atoms with van der Waals surface area (Å²) in [6.07, 6.45) is 0.754. The molecule has 1 heterocycles. The molecule has 1 aromatic rings. The van der Waals surface area contributed by atoms with Gasteiger partial charge in [-0.1, -0.05) is 18.6 Å². The number of aliphatic hydroxyl groups excluding tert-OH is 1. The minimum absolute atomic E-state index is 0.0209. The normalized spacial score (nSPS) is 23.2. The first-order chi connectivity index (χ1) is 9.45. The van der Waals surface area contributed by atoms with Gasteiger partial charge in [-0.25, -0.2) is 12.8 Å². The molecule has 20 heavy (non-hydrogen) atoms. The molecule has 0 aliphatic carbocycles. The topological polar surface area (TPSA) is 63.6 Å². The van der Waals surface area contributed by atoms with Gasteiger partial charge in [0.05, 0.1) is 24.2 Å². The zero-order chi connectivity index (χ0) is 14.8. The van der Waals surface area contributed by atoms with Crippen molar-refractivity contribution in [3.05, 3.63) is 29.6 Å².